The van der Waals surface area contributed by atoms with Gasteiger partial charge in [-0.25, -0.2) is 4.79 Å². The smallest absolute Gasteiger partial charge is 0.342 e. The molecule has 7 heteroatoms. The zero-order valence-corrected chi connectivity index (χ0v) is 9.30. The van der Waals surface area contributed by atoms with Crippen LogP contribution in [0.1, 0.15) is 17.3 Å². The highest BCUT2D eigenvalue weighted by Gasteiger charge is 2.22. The van der Waals surface area contributed by atoms with Crippen LogP contribution in [-0.4, -0.2) is 29.7 Å². The van der Waals surface area contributed by atoms with Crippen molar-refractivity contribution in [2.24, 2.45) is 0 Å². The number of nitrogens with zero attached hydrogens (tertiary/aromatic N) is 1. The number of esters is 1. The van der Waals surface area contributed by atoms with Gasteiger partial charge in [-0.2, -0.15) is 0 Å². The Kier molecular flexibility index (Phi) is 3.86. The molecule has 0 amide bonds. The SMILES string of the molecule is CCOC(=O)c1cc([N+](=O)[O-])cc(OC)c1O. The summed E-state index contributed by atoms with van der Waals surface area (Å²) in [5.41, 5.74) is -0.652. The van der Waals surface area contributed by atoms with Crippen LogP contribution in [0.2, 0.25) is 0 Å². The first kappa shape index (κ1) is 12.8. The maximum atomic E-state index is 11.4. The summed E-state index contributed by atoms with van der Waals surface area (Å²) in [5, 5.41) is 20.3. The summed E-state index contributed by atoms with van der Waals surface area (Å²) in [6, 6.07) is 1.97. The number of carbonyl (C=O) groups excluding carboxylic acids is 1. The molecule has 17 heavy (non-hydrogen) atoms. The first-order valence-corrected chi connectivity index (χ1v) is 4.73. The second-order valence-electron chi connectivity index (χ2n) is 3.02. The Hall–Kier alpha value is -2.31. The summed E-state index contributed by atoms with van der Waals surface area (Å²) in [4.78, 5) is 21.4. The van der Waals surface area contributed by atoms with Crippen molar-refractivity contribution in [1.82, 2.24) is 0 Å². The van der Waals surface area contributed by atoms with E-state index in [1.807, 2.05) is 0 Å². The van der Waals surface area contributed by atoms with Gasteiger partial charge in [-0.3, -0.25) is 10.1 Å². The highest BCUT2D eigenvalue weighted by molar-refractivity contribution is 5.94. The number of aromatic hydroxyl groups is 1. The molecule has 0 bridgehead atoms. The molecule has 1 aromatic carbocycles. The lowest BCUT2D eigenvalue weighted by Crippen LogP contribution is -2.06. The minimum atomic E-state index is -0.841. The van der Waals surface area contributed by atoms with Crippen molar-refractivity contribution in [2.75, 3.05) is 13.7 Å². The Labute approximate surface area is 96.7 Å². The average Bonchev–Trinajstić information content (AvgIpc) is 2.29. The summed E-state index contributed by atoms with van der Waals surface area (Å²) < 4.78 is 9.41. The number of hydrogen-bond acceptors (Lipinski definition) is 6. The fourth-order valence-corrected chi connectivity index (χ4v) is 1.22. The Morgan fingerprint density at radius 2 is 2.18 bits per heavy atom. The second kappa shape index (κ2) is 5.15. The van der Waals surface area contributed by atoms with Crippen molar-refractivity contribution in [3.05, 3.63) is 27.8 Å². The largest absolute Gasteiger partial charge is 0.504 e. The molecule has 0 saturated heterocycles. The molecule has 1 N–H and O–H groups in total. The summed E-state index contributed by atoms with van der Waals surface area (Å²) in [5.74, 6) is -1.47. The summed E-state index contributed by atoms with van der Waals surface area (Å²) in [6.45, 7) is 1.69. The van der Waals surface area contributed by atoms with Crippen LogP contribution < -0.4 is 4.74 Å². The fourth-order valence-electron chi connectivity index (χ4n) is 1.22. The number of phenols is 1. The average molecular weight is 241 g/mol. The van der Waals surface area contributed by atoms with E-state index in [1.54, 1.807) is 6.92 Å². The molecule has 1 rings (SSSR count). The number of non-ortho nitro benzene ring substituents is 1. The predicted molar refractivity (Wildman–Crippen MR) is 57.3 cm³/mol. The van der Waals surface area contributed by atoms with Crippen molar-refractivity contribution in [3.63, 3.8) is 0 Å². The Morgan fingerprint density at radius 3 is 2.65 bits per heavy atom. The van der Waals surface area contributed by atoms with Gasteiger partial charge in [0.25, 0.3) is 5.69 Å². The molecule has 0 unspecified atom stereocenters. The van der Waals surface area contributed by atoms with E-state index in [0.29, 0.717) is 0 Å². The Bertz CT molecular complexity index is 456. The number of ether oxygens (including phenoxy) is 2. The lowest BCUT2D eigenvalue weighted by atomic mass is 10.1. The number of methoxy groups -OCH3 is 1. The maximum absolute atomic E-state index is 11.4. The quantitative estimate of drug-likeness (QED) is 0.487. The minimum Gasteiger partial charge on any atom is -0.504 e. The third-order valence-electron chi connectivity index (χ3n) is 1.99. The number of benzene rings is 1. The molecule has 92 valence electrons. The fraction of sp³-hybridized carbons (Fsp3) is 0.300. The lowest BCUT2D eigenvalue weighted by Gasteiger charge is -2.08. The van der Waals surface area contributed by atoms with E-state index in [2.05, 4.69) is 4.74 Å². The lowest BCUT2D eigenvalue weighted by molar-refractivity contribution is -0.385. The molecule has 0 fully saturated rings. The highest BCUT2D eigenvalue weighted by Crippen LogP contribution is 2.34. The van der Waals surface area contributed by atoms with Crippen molar-refractivity contribution in [2.45, 2.75) is 6.92 Å². The number of carbonyl (C=O) groups is 1. The van der Waals surface area contributed by atoms with Gasteiger partial charge in [-0.15, -0.1) is 0 Å². The Morgan fingerprint density at radius 1 is 1.53 bits per heavy atom. The zero-order chi connectivity index (χ0) is 13.0. The Balaban J connectivity index is 3.32. The van der Waals surface area contributed by atoms with Crippen LogP contribution in [0.5, 0.6) is 11.5 Å². The number of nitro benzene ring substituents is 1. The van der Waals surface area contributed by atoms with E-state index in [1.165, 1.54) is 7.11 Å². The highest BCUT2D eigenvalue weighted by atomic mass is 16.6. The molecule has 7 nitrogen and oxygen atoms in total. The molecule has 0 radical (unpaired) electrons. The molecular formula is C10H11NO6. The van der Waals surface area contributed by atoms with Gasteiger partial charge in [0.2, 0.25) is 0 Å². The van der Waals surface area contributed by atoms with Crippen LogP contribution in [0.4, 0.5) is 5.69 Å². The van der Waals surface area contributed by atoms with Crippen molar-refractivity contribution in [1.29, 1.82) is 0 Å². The normalized spacial score (nSPS) is 9.76. The molecule has 0 spiro atoms. The molecule has 0 saturated carbocycles. The van der Waals surface area contributed by atoms with E-state index in [4.69, 9.17) is 4.74 Å². The molecule has 0 aromatic heterocycles. The number of nitro groups is 1. The van der Waals surface area contributed by atoms with Crippen molar-refractivity contribution >= 4 is 11.7 Å². The van der Waals surface area contributed by atoms with Crippen LogP contribution in [0.25, 0.3) is 0 Å². The summed E-state index contributed by atoms with van der Waals surface area (Å²) >= 11 is 0. The van der Waals surface area contributed by atoms with Gasteiger partial charge in [-0.05, 0) is 6.92 Å². The second-order valence-corrected chi connectivity index (χ2v) is 3.02. The van der Waals surface area contributed by atoms with Crippen molar-refractivity contribution in [3.8, 4) is 11.5 Å². The summed E-state index contributed by atoms with van der Waals surface area (Å²) in [6.07, 6.45) is 0. The topological polar surface area (TPSA) is 98.9 Å². The van der Waals surface area contributed by atoms with E-state index in [0.717, 1.165) is 12.1 Å². The molecular weight excluding hydrogens is 230 g/mol. The van der Waals surface area contributed by atoms with Gasteiger partial charge in [0, 0.05) is 6.07 Å². The van der Waals surface area contributed by atoms with E-state index < -0.39 is 16.6 Å². The maximum Gasteiger partial charge on any atom is 0.342 e. The van der Waals surface area contributed by atoms with E-state index in [9.17, 15) is 20.0 Å². The third-order valence-corrected chi connectivity index (χ3v) is 1.99. The van der Waals surface area contributed by atoms with Crippen LogP contribution >= 0.6 is 0 Å². The van der Waals surface area contributed by atoms with Crippen molar-refractivity contribution < 1.29 is 24.3 Å². The summed E-state index contributed by atoms with van der Waals surface area (Å²) in [7, 11) is 1.23. The molecule has 0 aliphatic rings. The van der Waals surface area contributed by atoms with E-state index >= 15 is 0 Å². The molecule has 0 atom stereocenters. The predicted octanol–water partition coefficient (Wildman–Crippen LogP) is 1.49. The van der Waals surface area contributed by atoms with Gasteiger partial charge in [-0.1, -0.05) is 0 Å². The number of hydrogen-bond donors (Lipinski definition) is 1. The van der Waals surface area contributed by atoms with Crippen LogP contribution in [0.15, 0.2) is 12.1 Å². The van der Waals surface area contributed by atoms with Crippen LogP contribution in [0, 0.1) is 10.1 Å². The van der Waals surface area contributed by atoms with Crippen LogP contribution in [0.3, 0.4) is 0 Å². The van der Waals surface area contributed by atoms with Crippen LogP contribution in [-0.2, 0) is 4.74 Å². The molecule has 0 heterocycles. The van der Waals surface area contributed by atoms with Gasteiger partial charge >= 0.3 is 5.97 Å². The van der Waals surface area contributed by atoms with Gasteiger partial charge in [0.1, 0.15) is 5.56 Å². The standard InChI is InChI=1S/C10H11NO6/c1-3-17-10(13)7-4-6(11(14)15)5-8(16-2)9(7)12/h4-5,12H,3H2,1-2H3. The molecule has 0 aliphatic heterocycles. The monoisotopic (exact) mass is 241 g/mol. The van der Waals surface area contributed by atoms with Gasteiger partial charge in [0.05, 0.1) is 24.7 Å². The third kappa shape index (κ3) is 2.63. The van der Waals surface area contributed by atoms with E-state index in [-0.39, 0.29) is 23.6 Å². The first-order valence-electron chi connectivity index (χ1n) is 4.73. The zero-order valence-electron chi connectivity index (χ0n) is 9.30. The molecule has 1 aromatic rings. The van der Waals surface area contributed by atoms with Gasteiger partial charge < -0.3 is 14.6 Å². The molecule has 0 aliphatic carbocycles. The first-order chi connectivity index (χ1) is 8.01. The number of phenolic OH excluding ortho intramolecular Hbond substituents is 1. The number of rotatable bonds is 4. The minimum absolute atomic E-state index is 0.100. The van der Waals surface area contributed by atoms with Gasteiger partial charge in [0.15, 0.2) is 11.5 Å².